The molecule has 1 fully saturated rings. The highest BCUT2D eigenvalue weighted by molar-refractivity contribution is 9.10. The number of nitrogens with one attached hydrogen (secondary N) is 1. The SMILES string of the molecule is COc1cc(NC(=O)CN2CCCCC2=O)ccc1Br. The van der Waals surface area contributed by atoms with E-state index >= 15 is 0 Å². The monoisotopic (exact) mass is 340 g/mol. The summed E-state index contributed by atoms with van der Waals surface area (Å²) in [5.74, 6) is 0.515. The minimum atomic E-state index is -0.190. The Morgan fingerprint density at radius 2 is 2.25 bits per heavy atom. The third-order valence-corrected chi connectivity index (χ3v) is 3.85. The van der Waals surface area contributed by atoms with Gasteiger partial charge in [-0.25, -0.2) is 0 Å². The molecular weight excluding hydrogens is 324 g/mol. The molecule has 0 radical (unpaired) electrons. The van der Waals surface area contributed by atoms with E-state index in [1.807, 2.05) is 0 Å². The molecule has 2 amide bonds. The first-order valence-electron chi connectivity index (χ1n) is 6.51. The van der Waals surface area contributed by atoms with Gasteiger partial charge in [0, 0.05) is 24.7 Å². The number of piperidine rings is 1. The quantitative estimate of drug-likeness (QED) is 0.915. The number of hydrogen-bond acceptors (Lipinski definition) is 3. The van der Waals surface area contributed by atoms with Gasteiger partial charge in [0.1, 0.15) is 5.75 Å². The maximum atomic E-state index is 12.0. The Hall–Kier alpha value is -1.56. The highest BCUT2D eigenvalue weighted by atomic mass is 79.9. The number of anilines is 1. The average Bonchev–Trinajstić information content (AvgIpc) is 2.43. The highest BCUT2D eigenvalue weighted by Crippen LogP contribution is 2.27. The molecule has 5 nitrogen and oxygen atoms in total. The summed E-state index contributed by atoms with van der Waals surface area (Å²) in [6, 6.07) is 5.32. The first kappa shape index (κ1) is 14.8. The van der Waals surface area contributed by atoms with Gasteiger partial charge in [-0.1, -0.05) is 0 Å². The molecule has 1 aromatic rings. The molecule has 108 valence electrons. The molecule has 6 heteroatoms. The summed E-state index contributed by atoms with van der Waals surface area (Å²) >= 11 is 3.35. The zero-order valence-electron chi connectivity index (χ0n) is 11.3. The molecule has 0 bridgehead atoms. The van der Waals surface area contributed by atoms with Crippen LogP contribution in [0.15, 0.2) is 22.7 Å². The molecule has 0 aromatic heterocycles. The summed E-state index contributed by atoms with van der Waals surface area (Å²) < 4.78 is 5.99. The molecule has 2 rings (SSSR count). The van der Waals surface area contributed by atoms with Gasteiger partial charge in [-0.05, 0) is 40.9 Å². The first-order valence-corrected chi connectivity index (χ1v) is 7.30. The number of halogens is 1. The van der Waals surface area contributed by atoms with Crippen molar-refractivity contribution in [2.24, 2.45) is 0 Å². The van der Waals surface area contributed by atoms with E-state index in [2.05, 4.69) is 21.2 Å². The van der Waals surface area contributed by atoms with Gasteiger partial charge in [-0.3, -0.25) is 9.59 Å². The van der Waals surface area contributed by atoms with E-state index < -0.39 is 0 Å². The van der Waals surface area contributed by atoms with Gasteiger partial charge >= 0.3 is 0 Å². The van der Waals surface area contributed by atoms with Gasteiger partial charge in [0.2, 0.25) is 11.8 Å². The van der Waals surface area contributed by atoms with Crippen LogP contribution < -0.4 is 10.1 Å². The predicted molar refractivity (Wildman–Crippen MR) is 79.8 cm³/mol. The van der Waals surface area contributed by atoms with Gasteiger partial charge in [0.15, 0.2) is 0 Å². The molecule has 1 heterocycles. The summed E-state index contributed by atoms with van der Waals surface area (Å²) in [4.78, 5) is 25.2. The zero-order chi connectivity index (χ0) is 14.5. The summed E-state index contributed by atoms with van der Waals surface area (Å²) in [6.45, 7) is 0.771. The van der Waals surface area contributed by atoms with Crippen molar-refractivity contribution in [3.8, 4) is 5.75 Å². The van der Waals surface area contributed by atoms with Crippen molar-refractivity contribution < 1.29 is 14.3 Å². The number of methoxy groups -OCH3 is 1. The van der Waals surface area contributed by atoms with Crippen LogP contribution in [0, 0.1) is 0 Å². The van der Waals surface area contributed by atoms with Crippen LogP contribution >= 0.6 is 15.9 Å². The van der Waals surface area contributed by atoms with Crippen molar-refractivity contribution in [1.29, 1.82) is 0 Å². The smallest absolute Gasteiger partial charge is 0.243 e. The summed E-state index contributed by atoms with van der Waals surface area (Å²) in [6.07, 6.45) is 2.42. The normalized spacial score (nSPS) is 15.1. The van der Waals surface area contributed by atoms with Crippen LogP contribution in [0.25, 0.3) is 0 Å². The molecule has 20 heavy (non-hydrogen) atoms. The van der Waals surface area contributed by atoms with Crippen LogP contribution in [0.3, 0.4) is 0 Å². The number of carbonyl (C=O) groups excluding carboxylic acids is 2. The zero-order valence-corrected chi connectivity index (χ0v) is 12.9. The Bertz CT molecular complexity index is 519. The summed E-state index contributed by atoms with van der Waals surface area (Å²) in [5, 5.41) is 2.78. The van der Waals surface area contributed by atoms with E-state index in [4.69, 9.17) is 4.74 Å². The van der Waals surface area contributed by atoms with Crippen LogP contribution in [0.5, 0.6) is 5.75 Å². The molecular formula is C14H17BrN2O3. The number of likely N-dealkylation sites (tertiary alicyclic amines) is 1. The molecule has 1 saturated heterocycles. The molecule has 0 saturated carbocycles. The van der Waals surface area contributed by atoms with E-state index in [-0.39, 0.29) is 18.4 Å². The van der Waals surface area contributed by atoms with Crippen LogP contribution in [0.4, 0.5) is 5.69 Å². The maximum Gasteiger partial charge on any atom is 0.243 e. The fourth-order valence-corrected chi connectivity index (χ4v) is 2.55. The number of carbonyl (C=O) groups is 2. The second-order valence-electron chi connectivity index (χ2n) is 4.67. The first-order chi connectivity index (χ1) is 9.60. The lowest BCUT2D eigenvalue weighted by molar-refractivity contribution is -0.136. The molecule has 1 aliphatic rings. The van der Waals surface area contributed by atoms with Gasteiger partial charge in [0.25, 0.3) is 0 Å². The molecule has 0 atom stereocenters. The standard InChI is InChI=1S/C14H17BrN2O3/c1-20-12-8-10(5-6-11(12)15)16-13(18)9-17-7-3-2-4-14(17)19/h5-6,8H,2-4,7,9H2,1H3,(H,16,18). The van der Waals surface area contributed by atoms with Gasteiger partial charge in [0.05, 0.1) is 18.1 Å². The van der Waals surface area contributed by atoms with Crippen molar-refractivity contribution in [1.82, 2.24) is 4.90 Å². The molecule has 1 aliphatic heterocycles. The minimum Gasteiger partial charge on any atom is -0.495 e. The summed E-state index contributed by atoms with van der Waals surface area (Å²) in [5.41, 5.74) is 0.652. The Balaban J connectivity index is 1.95. The Kier molecular flexibility index (Phi) is 5.00. The van der Waals surface area contributed by atoms with E-state index in [1.54, 1.807) is 30.2 Å². The third-order valence-electron chi connectivity index (χ3n) is 3.19. The highest BCUT2D eigenvalue weighted by Gasteiger charge is 2.20. The Morgan fingerprint density at radius 3 is 2.95 bits per heavy atom. The number of ether oxygens (including phenoxy) is 1. The fraction of sp³-hybridized carbons (Fsp3) is 0.429. The van der Waals surface area contributed by atoms with Crippen molar-refractivity contribution in [2.75, 3.05) is 25.5 Å². The van der Waals surface area contributed by atoms with E-state index in [0.717, 1.165) is 17.3 Å². The van der Waals surface area contributed by atoms with Crippen molar-refractivity contribution in [3.63, 3.8) is 0 Å². The topological polar surface area (TPSA) is 58.6 Å². The van der Waals surface area contributed by atoms with Crippen LogP contribution in [0.2, 0.25) is 0 Å². The summed E-state index contributed by atoms with van der Waals surface area (Å²) in [7, 11) is 1.57. The van der Waals surface area contributed by atoms with Gasteiger partial charge < -0.3 is 15.0 Å². The van der Waals surface area contributed by atoms with Crippen molar-refractivity contribution in [2.45, 2.75) is 19.3 Å². The van der Waals surface area contributed by atoms with E-state index in [0.29, 0.717) is 24.4 Å². The lowest BCUT2D eigenvalue weighted by Crippen LogP contribution is -2.40. The maximum absolute atomic E-state index is 12.0. The molecule has 0 aliphatic carbocycles. The average molecular weight is 341 g/mol. The van der Waals surface area contributed by atoms with Crippen molar-refractivity contribution >= 4 is 33.4 Å². The van der Waals surface area contributed by atoms with E-state index in [1.165, 1.54) is 0 Å². The largest absolute Gasteiger partial charge is 0.495 e. The Labute approximate surface area is 126 Å². The molecule has 1 N–H and O–H groups in total. The Morgan fingerprint density at radius 1 is 1.45 bits per heavy atom. The molecule has 0 unspecified atom stereocenters. The number of rotatable bonds is 4. The van der Waals surface area contributed by atoms with Gasteiger partial charge in [-0.2, -0.15) is 0 Å². The van der Waals surface area contributed by atoms with Gasteiger partial charge in [-0.15, -0.1) is 0 Å². The number of nitrogens with zero attached hydrogens (tertiary/aromatic N) is 1. The van der Waals surface area contributed by atoms with Crippen molar-refractivity contribution in [3.05, 3.63) is 22.7 Å². The minimum absolute atomic E-state index is 0.0554. The third kappa shape index (κ3) is 3.72. The number of benzene rings is 1. The van der Waals surface area contributed by atoms with Crippen LogP contribution in [-0.2, 0) is 9.59 Å². The molecule has 1 aromatic carbocycles. The fourth-order valence-electron chi connectivity index (χ4n) is 2.14. The second-order valence-corrected chi connectivity index (χ2v) is 5.52. The predicted octanol–water partition coefficient (Wildman–Crippen LogP) is 2.41. The second kappa shape index (κ2) is 6.74. The lowest BCUT2D eigenvalue weighted by Gasteiger charge is -2.26. The van der Waals surface area contributed by atoms with Crippen LogP contribution in [0.1, 0.15) is 19.3 Å². The van der Waals surface area contributed by atoms with E-state index in [9.17, 15) is 9.59 Å². The number of hydrogen-bond donors (Lipinski definition) is 1. The lowest BCUT2D eigenvalue weighted by atomic mass is 10.1. The molecule has 0 spiro atoms. The van der Waals surface area contributed by atoms with Crippen LogP contribution in [-0.4, -0.2) is 36.9 Å². The number of amides is 2.